The largest absolute Gasteiger partial charge is 0.480 e. The average molecular weight is 467 g/mol. The molecule has 8 heteroatoms. The van der Waals surface area contributed by atoms with Crippen LogP contribution in [-0.2, 0) is 19.1 Å². The second-order valence-corrected chi connectivity index (χ2v) is 9.18. The van der Waals surface area contributed by atoms with E-state index in [-0.39, 0.29) is 44.5 Å². The molecule has 180 valence electrons. The van der Waals surface area contributed by atoms with Gasteiger partial charge in [0.1, 0.15) is 18.2 Å². The van der Waals surface area contributed by atoms with Gasteiger partial charge in [-0.2, -0.15) is 0 Å². The lowest BCUT2D eigenvalue weighted by atomic mass is 9.89. The van der Waals surface area contributed by atoms with E-state index >= 15 is 0 Å². The van der Waals surface area contributed by atoms with Gasteiger partial charge in [0, 0.05) is 32.0 Å². The minimum Gasteiger partial charge on any atom is -0.480 e. The molecule has 0 saturated carbocycles. The number of ether oxygens (including phenoxy) is 2. The van der Waals surface area contributed by atoms with Crippen LogP contribution in [0.4, 0.5) is 4.79 Å². The number of rotatable bonds is 7. The van der Waals surface area contributed by atoms with E-state index in [0.717, 1.165) is 22.3 Å². The third-order valence-electron chi connectivity index (χ3n) is 6.68. The molecule has 4 rings (SSSR count). The van der Waals surface area contributed by atoms with Gasteiger partial charge in [-0.25, -0.2) is 9.59 Å². The molecule has 1 unspecified atom stereocenters. The van der Waals surface area contributed by atoms with Crippen LogP contribution in [0.25, 0.3) is 11.1 Å². The number of amides is 2. The summed E-state index contributed by atoms with van der Waals surface area (Å²) in [7, 11) is 0. The van der Waals surface area contributed by atoms with Crippen molar-refractivity contribution < 1.29 is 29.0 Å². The fraction of sp³-hybridized carbons (Fsp3) is 0.423. The molecule has 3 N–H and O–H groups in total. The molecular weight excluding hydrogens is 436 g/mol. The molecule has 1 fully saturated rings. The van der Waals surface area contributed by atoms with Crippen molar-refractivity contribution in [2.24, 2.45) is 5.92 Å². The molecular formula is C26H30N2O6. The first-order chi connectivity index (χ1) is 16.3. The molecule has 1 saturated heterocycles. The lowest BCUT2D eigenvalue weighted by molar-refractivity contribution is -0.152. The summed E-state index contributed by atoms with van der Waals surface area (Å²) in [5.74, 6) is -2.02. The van der Waals surface area contributed by atoms with Crippen LogP contribution in [0, 0.1) is 5.92 Å². The van der Waals surface area contributed by atoms with E-state index in [4.69, 9.17) is 9.47 Å². The Bertz CT molecular complexity index is 1030. The zero-order valence-corrected chi connectivity index (χ0v) is 19.4. The van der Waals surface area contributed by atoms with Gasteiger partial charge in [-0.15, -0.1) is 0 Å². The fourth-order valence-corrected chi connectivity index (χ4v) is 4.73. The van der Waals surface area contributed by atoms with Gasteiger partial charge in [-0.1, -0.05) is 62.4 Å². The Morgan fingerprint density at radius 1 is 1.03 bits per heavy atom. The zero-order chi connectivity index (χ0) is 24.3. The van der Waals surface area contributed by atoms with Gasteiger partial charge >= 0.3 is 12.1 Å². The number of alkyl carbamates (subject to hydrolysis) is 1. The summed E-state index contributed by atoms with van der Waals surface area (Å²) >= 11 is 0. The molecule has 2 aliphatic rings. The highest BCUT2D eigenvalue weighted by Crippen LogP contribution is 2.44. The van der Waals surface area contributed by atoms with Crippen molar-refractivity contribution in [1.82, 2.24) is 10.6 Å². The maximum absolute atomic E-state index is 13.0. The normalized spacial score (nSPS) is 17.4. The number of fused-ring (bicyclic) bond motifs is 3. The highest BCUT2D eigenvalue weighted by molar-refractivity contribution is 5.91. The third-order valence-corrected chi connectivity index (χ3v) is 6.68. The number of hydrogen-bond donors (Lipinski definition) is 3. The molecule has 0 spiro atoms. The van der Waals surface area contributed by atoms with Crippen LogP contribution in [0.1, 0.15) is 43.7 Å². The van der Waals surface area contributed by atoms with Gasteiger partial charge in [0.15, 0.2) is 0 Å². The summed E-state index contributed by atoms with van der Waals surface area (Å²) in [6, 6.07) is 15.1. The second kappa shape index (κ2) is 9.85. The molecule has 2 aromatic carbocycles. The monoisotopic (exact) mass is 466 g/mol. The summed E-state index contributed by atoms with van der Waals surface area (Å²) in [6.07, 6.45) is -0.375. The van der Waals surface area contributed by atoms with Crippen molar-refractivity contribution in [2.75, 3.05) is 19.8 Å². The van der Waals surface area contributed by atoms with E-state index in [0.29, 0.717) is 0 Å². The Morgan fingerprint density at radius 3 is 2.12 bits per heavy atom. The molecule has 2 aromatic rings. The van der Waals surface area contributed by atoms with Gasteiger partial charge in [0.05, 0.1) is 0 Å². The van der Waals surface area contributed by atoms with E-state index in [2.05, 4.69) is 22.8 Å². The molecule has 0 aromatic heterocycles. The molecule has 1 atom stereocenters. The standard InChI is InChI=1S/C26H30N2O6/c1-16(2)22(23(29)28-26(24(30)31)11-13-33-14-12-26)27-25(32)34-15-21-19-9-5-3-7-17(19)18-8-4-6-10-20(18)21/h3-10,16,21-22H,11-15H2,1-2H3,(H,27,32)(H,28,29)(H,30,31). The number of nitrogens with one attached hydrogen (secondary N) is 2. The van der Waals surface area contributed by atoms with E-state index < -0.39 is 29.6 Å². The van der Waals surface area contributed by atoms with Crippen LogP contribution in [0.2, 0.25) is 0 Å². The van der Waals surface area contributed by atoms with Crippen molar-refractivity contribution >= 4 is 18.0 Å². The Kier molecular flexibility index (Phi) is 6.88. The fourth-order valence-electron chi connectivity index (χ4n) is 4.73. The topological polar surface area (TPSA) is 114 Å². The predicted octanol–water partition coefficient (Wildman–Crippen LogP) is 3.30. The molecule has 1 heterocycles. The van der Waals surface area contributed by atoms with E-state index in [1.165, 1.54) is 0 Å². The molecule has 2 amide bonds. The summed E-state index contributed by atoms with van der Waals surface area (Å²) in [6.45, 7) is 4.19. The van der Waals surface area contributed by atoms with Crippen LogP contribution in [0.3, 0.4) is 0 Å². The number of carboxylic acids is 1. The van der Waals surface area contributed by atoms with E-state index in [1.54, 1.807) is 13.8 Å². The summed E-state index contributed by atoms with van der Waals surface area (Å²) < 4.78 is 10.8. The van der Waals surface area contributed by atoms with Gasteiger partial charge < -0.3 is 25.2 Å². The van der Waals surface area contributed by atoms with Crippen molar-refractivity contribution in [3.8, 4) is 11.1 Å². The smallest absolute Gasteiger partial charge is 0.407 e. The van der Waals surface area contributed by atoms with Crippen LogP contribution < -0.4 is 10.6 Å². The Labute approximate surface area is 198 Å². The number of carbonyl (C=O) groups excluding carboxylic acids is 2. The Morgan fingerprint density at radius 2 is 1.59 bits per heavy atom. The van der Waals surface area contributed by atoms with Gasteiger partial charge in [0.25, 0.3) is 0 Å². The molecule has 0 bridgehead atoms. The molecule has 0 radical (unpaired) electrons. The van der Waals surface area contributed by atoms with Gasteiger partial charge in [-0.3, -0.25) is 4.79 Å². The summed E-state index contributed by atoms with van der Waals surface area (Å²) in [4.78, 5) is 37.6. The quantitative estimate of drug-likeness (QED) is 0.577. The van der Waals surface area contributed by atoms with Crippen molar-refractivity contribution in [3.63, 3.8) is 0 Å². The first-order valence-electron chi connectivity index (χ1n) is 11.6. The first-order valence-corrected chi connectivity index (χ1v) is 11.6. The average Bonchev–Trinajstić information content (AvgIpc) is 3.15. The molecule has 34 heavy (non-hydrogen) atoms. The van der Waals surface area contributed by atoms with E-state index in [1.807, 2.05) is 36.4 Å². The minimum atomic E-state index is -1.40. The Hall–Kier alpha value is -3.39. The van der Waals surface area contributed by atoms with Crippen molar-refractivity contribution in [2.45, 2.75) is 44.2 Å². The number of carbonyl (C=O) groups is 3. The number of benzene rings is 2. The van der Waals surface area contributed by atoms with Crippen LogP contribution >= 0.6 is 0 Å². The summed E-state index contributed by atoms with van der Waals surface area (Å²) in [5, 5.41) is 15.0. The molecule has 1 aliphatic heterocycles. The lowest BCUT2D eigenvalue weighted by Crippen LogP contribution is -2.62. The van der Waals surface area contributed by atoms with Crippen molar-refractivity contribution in [1.29, 1.82) is 0 Å². The van der Waals surface area contributed by atoms with Crippen LogP contribution in [0.5, 0.6) is 0 Å². The van der Waals surface area contributed by atoms with Gasteiger partial charge in [0.2, 0.25) is 5.91 Å². The van der Waals surface area contributed by atoms with Crippen LogP contribution in [0.15, 0.2) is 48.5 Å². The Balaban J connectivity index is 1.42. The molecule has 8 nitrogen and oxygen atoms in total. The van der Waals surface area contributed by atoms with Gasteiger partial charge in [-0.05, 0) is 28.2 Å². The maximum atomic E-state index is 13.0. The van der Waals surface area contributed by atoms with E-state index in [9.17, 15) is 19.5 Å². The lowest BCUT2D eigenvalue weighted by Gasteiger charge is -2.35. The predicted molar refractivity (Wildman–Crippen MR) is 125 cm³/mol. The minimum absolute atomic E-state index is 0.0954. The zero-order valence-electron chi connectivity index (χ0n) is 19.4. The SMILES string of the molecule is CC(C)C(NC(=O)OCC1c2ccccc2-c2ccccc21)C(=O)NC1(C(=O)O)CCOCC1. The second-order valence-electron chi connectivity index (χ2n) is 9.18. The summed E-state index contributed by atoms with van der Waals surface area (Å²) in [5.41, 5.74) is 3.05. The maximum Gasteiger partial charge on any atom is 0.407 e. The van der Waals surface area contributed by atoms with Crippen LogP contribution in [-0.4, -0.2) is 54.5 Å². The highest BCUT2D eigenvalue weighted by atomic mass is 16.5. The highest BCUT2D eigenvalue weighted by Gasteiger charge is 2.43. The first kappa shape index (κ1) is 23.8. The number of carboxylic acid groups (broad SMARTS) is 1. The van der Waals surface area contributed by atoms with Crippen molar-refractivity contribution in [3.05, 3.63) is 59.7 Å². The molecule has 1 aliphatic carbocycles. The third kappa shape index (κ3) is 4.63. The number of hydrogen-bond acceptors (Lipinski definition) is 5. The number of aliphatic carboxylic acids is 1.